The van der Waals surface area contributed by atoms with Gasteiger partial charge in [-0.1, -0.05) is 97.4 Å². The number of carboxylic acids is 4. The maximum Gasteiger partial charge on any atom is 0.393 e. The van der Waals surface area contributed by atoms with Crippen molar-refractivity contribution in [2.24, 2.45) is 0 Å². The lowest BCUT2D eigenvalue weighted by atomic mass is 9.78. The number of benzene rings is 11. The molecule has 27 heteroatoms. The molecule has 0 amide bonds. The largest absolute Gasteiger partial charge is 0.508 e. The summed E-state index contributed by atoms with van der Waals surface area (Å²) in [7, 11) is 1.58. The van der Waals surface area contributed by atoms with Crippen molar-refractivity contribution in [2.45, 2.75) is 51.6 Å². The molecule has 640 valence electrons. The van der Waals surface area contributed by atoms with Gasteiger partial charge in [-0.2, -0.15) is 13.2 Å². The number of phenolic OH excluding ortho intramolecular Hbond substituents is 4. The first-order chi connectivity index (χ1) is 61.0. The van der Waals surface area contributed by atoms with Crippen molar-refractivity contribution in [3.63, 3.8) is 0 Å². The van der Waals surface area contributed by atoms with E-state index >= 15 is 0 Å². The Hall–Kier alpha value is -14.9. The fourth-order valence-corrected chi connectivity index (χ4v) is 18.7. The van der Waals surface area contributed by atoms with E-state index in [4.69, 9.17) is 44.1 Å². The van der Waals surface area contributed by atoms with E-state index in [0.717, 1.165) is 132 Å². The third-order valence-electron chi connectivity index (χ3n) is 20.1. The van der Waals surface area contributed by atoms with Crippen molar-refractivity contribution in [3.05, 3.63) is 323 Å². The Morgan fingerprint density at radius 3 is 1.10 bits per heavy atom. The SMILES string of the molecule is COc1ccc(-c2sc3cc(O)ccc3c2Oc2ccc(/C=C/C(=O)O)cc2)c(C)n1.Cc1c(F)cccc1-c1sc2cc(O)ccc2c1Oc1ccc(/C=C/C(=O)O)cc1.O=C(O)/C=C/c1ccc(Oc2c(-c3ccc(F)cc3CC(F)(F)F)sc3cc(O)ccc23)cc1.O=C(O)/C=C/c1ccc(Oc2c(-c3ccccc3C3CCC3)sc3cc(O)ccc23)cc1. The number of carboxylic acid groups (broad SMARTS) is 4. The van der Waals surface area contributed by atoms with Crippen molar-refractivity contribution < 1.29 is 106 Å². The highest BCUT2D eigenvalue weighted by atomic mass is 32.1. The molecule has 0 aliphatic heterocycles. The monoisotopic (exact) mass is 1780 g/mol. The van der Waals surface area contributed by atoms with Crippen LogP contribution >= 0.6 is 45.3 Å². The minimum absolute atomic E-state index is 0.0176. The van der Waals surface area contributed by atoms with Gasteiger partial charge in [0.1, 0.15) is 57.6 Å². The maximum absolute atomic E-state index is 14.2. The van der Waals surface area contributed by atoms with Gasteiger partial charge in [-0.15, -0.1) is 45.3 Å². The fraction of sp³-hybridized carbons (Fsp3) is 0.0900. The maximum atomic E-state index is 14.2. The molecule has 1 aliphatic rings. The van der Waals surface area contributed by atoms with Gasteiger partial charge in [0.2, 0.25) is 5.88 Å². The summed E-state index contributed by atoms with van der Waals surface area (Å²) in [6, 6.07) is 68.4. The molecule has 1 saturated carbocycles. The number of phenols is 4. The molecule has 16 aromatic rings. The van der Waals surface area contributed by atoms with Crippen LogP contribution in [0, 0.1) is 25.5 Å². The number of aliphatic carboxylic acids is 4. The highest BCUT2D eigenvalue weighted by Crippen LogP contribution is 2.54. The van der Waals surface area contributed by atoms with Gasteiger partial charge in [-0.3, -0.25) is 0 Å². The number of halogens is 5. The molecule has 1 fully saturated rings. The molecular weight excluding hydrogens is 1710 g/mol. The predicted molar refractivity (Wildman–Crippen MR) is 489 cm³/mol. The number of hydrogen-bond acceptors (Lipinski definition) is 18. The first kappa shape index (κ1) is 88.4. The summed E-state index contributed by atoms with van der Waals surface area (Å²) in [5.41, 5.74) is 8.33. The van der Waals surface area contributed by atoms with Crippen LogP contribution in [0.3, 0.4) is 0 Å². The zero-order valence-corrected chi connectivity index (χ0v) is 70.6. The number of pyridine rings is 1. The number of aromatic hydroxyl groups is 4. The molecule has 127 heavy (non-hydrogen) atoms. The average molecular weight is 1780 g/mol. The van der Waals surface area contributed by atoms with E-state index in [1.807, 2.05) is 55.5 Å². The summed E-state index contributed by atoms with van der Waals surface area (Å²) in [6.45, 7) is 3.63. The molecule has 18 nitrogen and oxygen atoms in total. The molecule has 0 spiro atoms. The van der Waals surface area contributed by atoms with Crippen LogP contribution in [0.25, 0.3) is 106 Å². The number of aryl methyl sites for hydroxylation is 1. The molecule has 1 aliphatic carbocycles. The van der Waals surface area contributed by atoms with Crippen molar-refractivity contribution in [1.29, 1.82) is 0 Å². The molecule has 0 radical (unpaired) electrons. The lowest BCUT2D eigenvalue weighted by molar-refractivity contribution is -0.132. The van der Waals surface area contributed by atoms with Crippen LogP contribution in [0.2, 0.25) is 0 Å². The quantitative estimate of drug-likeness (QED) is 0.0218. The van der Waals surface area contributed by atoms with E-state index in [9.17, 15) is 61.6 Å². The topological polar surface area (TPSA) is 289 Å². The second-order valence-electron chi connectivity index (χ2n) is 28.8. The summed E-state index contributed by atoms with van der Waals surface area (Å²) in [6.07, 6.45) is 8.07. The molecular formula is C100H74F5NO17S4. The van der Waals surface area contributed by atoms with Crippen LogP contribution in [0.5, 0.6) is 74.9 Å². The van der Waals surface area contributed by atoms with E-state index in [1.54, 1.807) is 165 Å². The van der Waals surface area contributed by atoms with Gasteiger partial charge in [0.25, 0.3) is 0 Å². The minimum Gasteiger partial charge on any atom is -0.508 e. The number of carbonyl (C=O) groups is 4. The molecule has 5 heterocycles. The van der Waals surface area contributed by atoms with E-state index in [1.165, 1.54) is 95.6 Å². The minimum atomic E-state index is -4.54. The van der Waals surface area contributed by atoms with Crippen molar-refractivity contribution >= 4 is 134 Å². The third-order valence-corrected chi connectivity index (χ3v) is 24.7. The third kappa shape index (κ3) is 22.0. The average Bonchev–Trinajstić information content (AvgIpc) is 1.64. The van der Waals surface area contributed by atoms with E-state index in [2.05, 4.69) is 29.2 Å². The van der Waals surface area contributed by atoms with Gasteiger partial charge in [-0.25, -0.2) is 32.9 Å². The molecule has 11 aromatic carbocycles. The van der Waals surface area contributed by atoms with Gasteiger partial charge in [-0.05, 0) is 253 Å². The number of hydrogen-bond donors (Lipinski definition) is 8. The second kappa shape index (κ2) is 39.3. The number of thiophene rings is 4. The van der Waals surface area contributed by atoms with Gasteiger partial charge in [0, 0.05) is 81.8 Å². The van der Waals surface area contributed by atoms with Gasteiger partial charge in [0.05, 0.1) is 38.7 Å². The Morgan fingerprint density at radius 1 is 0.409 bits per heavy atom. The predicted octanol–water partition coefficient (Wildman–Crippen LogP) is 27.3. The Kier molecular flexibility index (Phi) is 27.4. The summed E-state index contributed by atoms with van der Waals surface area (Å²) in [4.78, 5) is 50.3. The van der Waals surface area contributed by atoms with Crippen LogP contribution in [0.1, 0.15) is 69.8 Å². The van der Waals surface area contributed by atoms with Gasteiger partial charge < -0.3 is 64.5 Å². The second-order valence-corrected chi connectivity index (χ2v) is 33.1. The number of aromatic nitrogens is 1. The Bertz CT molecular complexity index is 6930. The number of methoxy groups -OCH3 is 1. The van der Waals surface area contributed by atoms with Crippen molar-refractivity contribution in [2.75, 3.05) is 7.11 Å². The number of fused-ring (bicyclic) bond motifs is 4. The number of nitrogens with zero attached hydrogens (tertiary/aromatic N) is 1. The summed E-state index contributed by atoms with van der Waals surface area (Å²) in [5, 5.41) is 78.0. The Labute approximate surface area is 738 Å². The highest BCUT2D eigenvalue weighted by Gasteiger charge is 2.32. The number of rotatable bonds is 23. The lowest BCUT2D eigenvalue weighted by Gasteiger charge is -2.27. The van der Waals surface area contributed by atoms with Crippen LogP contribution in [0.15, 0.2) is 267 Å². The molecule has 0 saturated heterocycles. The van der Waals surface area contributed by atoms with Crippen LogP contribution in [0.4, 0.5) is 22.0 Å². The van der Waals surface area contributed by atoms with Gasteiger partial charge in [0.15, 0.2) is 23.0 Å². The molecule has 5 aromatic heterocycles. The standard InChI is InChI=1S/C27H22O4S.C25H16F4O4S.C24H17FO4S.C24H19NO5S/c28-19-11-14-23-24(16-19)32-27(22-7-2-1-6-21(22)18-4-3-5-18)26(23)31-20-12-8-17(9-13-20)10-15-25(29)30;26-16-4-8-19(15(11-16)13-25(27,28)29)24-23(20-9-5-17(30)12-21(20)34-24)33-18-6-1-14(2-7-18)3-10-22(31)32;1-14-18(3-2-4-20(14)25)24-23(19-11-8-16(26)13-21(19)30-24)29-17-9-5-15(6-10-17)7-12-22(27)28;1-14-18(10-11-21(25-14)29-2)24-23(19-9-6-16(26)13-20(19)31-24)30-17-7-3-15(4-8-17)5-12-22(27)28/h1-2,6-16,18,28H,3-5H2,(H,29,30);1-12,30H,13H2,(H,31,32);2-13,26H,1H3,(H,27,28);3-13,26H,1-2H3,(H,27,28)/b15-10+;10-3+;12-7+;12-5+. The Morgan fingerprint density at radius 2 is 0.756 bits per heavy atom. The zero-order chi connectivity index (χ0) is 89.7. The van der Waals surface area contributed by atoms with Crippen LogP contribution < -0.4 is 23.7 Å². The molecule has 0 atom stereocenters. The summed E-state index contributed by atoms with van der Waals surface area (Å²) >= 11 is 5.68. The van der Waals surface area contributed by atoms with Crippen molar-refractivity contribution in [3.8, 4) is 117 Å². The fourth-order valence-electron chi connectivity index (χ4n) is 13.8. The highest BCUT2D eigenvalue weighted by molar-refractivity contribution is 7.24. The Balaban J connectivity index is 0.000000137. The van der Waals surface area contributed by atoms with E-state index in [-0.39, 0.29) is 45.7 Å². The van der Waals surface area contributed by atoms with Gasteiger partial charge >= 0.3 is 30.1 Å². The van der Waals surface area contributed by atoms with Crippen molar-refractivity contribution in [1.82, 2.24) is 4.98 Å². The first-order valence-corrected chi connectivity index (χ1v) is 42.3. The molecule has 0 bridgehead atoms. The number of alkyl halides is 3. The normalized spacial score (nSPS) is 12.1. The molecule has 0 unspecified atom stereocenters. The summed E-state index contributed by atoms with van der Waals surface area (Å²) < 4.78 is 101. The first-order valence-electron chi connectivity index (χ1n) is 39.0. The zero-order valence-electron chi connectivity index (χ0n) is 67.3. The van der Waals surface area contributed by atoms with E-state index < -0.39 is 42.3 Å². The summed E-state index contributed by atoms with van der Waals surface area (Å²) in [5.74, 6) is 1.01. The lowest BCUT2D eigenvalue weighted by Crippen LogP contribution is -2.12. The van der Waals surface area contributed by atoms with E-state index in [0.29, 0.717) is 72.4 Å². The van der Waals surface area contributed by atoms with Crippen LogP contribution in [-0.2, 0) is 25.6 Å². The smallest absolute Gasteiger partial charge is 0.393 e. The van der Waals surface area contributed by atoms with Crippen LogP contribution in [-0.4, -0.2) is 83.0 Å². The molecule has 17 rings (SSSR count). The molecule has 8 N–H and O–H groups in total. The number of ether oxygens (including phenoxy) is 5.